The maximum absolute atomic E-state index is 13.8. The second-order valence-corrected chi connectivity index (χ2v) is 11.0. The van der Waals surface area contributed by atoms with Crippen molar-refractivity contribution in [3.63, 3.8) is 0 Å². The van der Waals surface area contributed by atoms with Gasteiger partial charge >= 0.3 is 15.6 Å². The third-order valence-electron chi connectivity index (χ3n) is 5.29. The molecular weight excluding hydrogens is 583 g/mol. The number of phosphoric ester groups is 2. The van der Waals surface area contributed by atoms with Crippen molar-refractivity contribution >= 4 is 39.0 Å². The predicted molar refractivity (Wildman–Crippen MR) is 120 cm³/mol. The number of alkyl halides is 1. The van der Waals surface area contributed by atoms with E-state index in [0.29, 0.717) is 0 Å². The molecule has 0 aromatic carbocycles. The van der Waals surface area contributed by atoms with Crippen LogP contribution in [0.4, 0.5) is 10.3 Å². The maximum atomic E-state index is 13.8. The van der Waals surface area contributed by atoms with E-state index in [0.717, 1.165) is 10.9 Å². The number of nitrogens with two attached hydrogens (primary N) is 1. The second kappa shape index (κ2) is 12.1. The fraction of sp³-hybridized carbons (Fsp3) is 0.625. The first-order valence-corrected chi connectivity index (χ1v) is 13.6. The lowest BCUT2D eigenvalue weighted by Gasteiger charge is -2.28. The zero-order chi connectivity index (χ0) is 29.3. The minimum atomic E-state index is -5.83. The number of hydrogen-bond donors (Lipinski definition) is 9. The molecule has 0 radical (unpaired) electrons. The van der Waals surface area contributed by atoms with Crippen LogP contribution in [0.2, 0.25) is 0 Å². The number of H-pyrrole nitrogens is 1. The second-order valence-electron chi connectivity index (χ2n) is 8.03. The van der Waals surface area contributed by atoms with Crippen molar-refractivity contribution in [2.45, 2.75) is 49.0 Å². The Morgan fingerprint density at radius 2 is 1.92 bits per heavy atom. The van der Waals surface area contributed by atoms with Crippen LogP contribution in [-0.4, -0.2) is 117 Å². The predicted octanol–water partition coefficient (Wildman–Crippen LogP) is -3.81. The van der Waals surface area contributed by atoms with Gasteiger partial charge in [0.15, 0.2) is 29.8 Å². The zero-order valence-corrected chi connectivity index (χ0v) is 21.1. The van der Waals surface area contributed by atoms with Gasteiger partial charge in [-0.3, -0.25) is 23.4 Å². The van der Waals surface area contributed by atoms with Crippen LogP contribution in [0.5, 0.6) is 0 Å². The molecule has 1 aliphatic heterocycles. The van der Waals surface area contributed by atoms with E-state index in [1.807, 2.05) is 0 Å². The monoisotopic (exact) mass is 607 g/mol. The number of nitrogen functional groups attached to an aromatic ring is 1. The third kappa shape index (κ3) is 7.11. The topological polar surface area (TPSA) is 319 Å². The van der Waals surface area contributed by atoms with Crippen LogP contribution in [-0.2, 0) is 32.0 Å². The van der Waals surface area contributed by atoms with Crippen molar-refractivity contribution in [2.75, 3.05) is 18.9 Å². The Hall–Kier alpha value is -2.23. The van der Waals surface area contributed by atoms with Crippen LogP contribution >= 0.6 is 15.6 Å². The first-order chi connectivity index (χ1) is 18.1. The number of fused-ring (bicyclic) bond motifs is 1. The van der Waals surface area contributed by atoms with Gasteiger partial charge in [-0.25, -0.2) is 18.5 Å². The van der Waals surface area contributed by atoms with Crippen molar-refractivity contribution in [3.05, 3.63) is 16.7 Å². The molecule has 3 rings (SSSR count). The van der Waals surface area contributed by atoms with Crippen LogP contribution < -0.4 is 11.3 Å². The van der Waals surface area contributed by atoms with Gasteiger partial charge in [-0.05, 0) is 0 Å². The lowest BCUT2D eigenvalue weighted by molar-refractivity contribution is -0.125. The third-order valence-corrected chi connectivity index (χ3v) is 7.92. The molecule has 3 heterocycles. The number of aromatic nitrogens is 4. The van der Waals surface area contributed by atoms with Crippen molar-refractivity contribution in [2.24, 2.45) is 0 Å². The zero-order valence-electron chi connectivity index (χ0n) is 19.3. The number of phosphoric acid groups is 2. The van der Waals surface area contributed by atoms with E-state index in [1.54, 1.807) is 0 Å². The van der Waals surface area contributed by atoms with Crippen LogP contribution in [0.1, 0.15) is 6.23 Å². The Kier molecular flexibility index (Phi) is 9.71. The number of aliphatic hydroxyl groups excluding tert-OH is 5. The summed E-state index contributed by atoms with van der Waals surface area (Å²) in [6.07, 6.45) is -16.2. The number of imidazole rings is 1. The lowest BCUT2D eigenvalue weighted by Crippen LogP contribution is -2.46. The highest BCUT2D eigenvalue weighted by atomic mass is 31.3. The molecular formula is C16H24FN5O15P2. The summed E-state index contributed by atoms with van der Waals surface area (Å²) in [6, 6.07) is 0. The molecule has 0 saturated carbocycles. The first kappa shape index (κ1) is 31.3. The molecule has 39 heavy (non-hydrogen) atoms. The molecule has 0 aliphatic carbocycles. The van der Waals surface area contributed by atoms with Crippen molar-refractivity contribution in [1.29, 1.82) is 0 Å². The molecule has 2 unspecified atom stereocenters. The van der Waals surface area contributed by atoms with Crippen LogP contribution in [0.3, 0.4) is 0 Å². The summed E-state index contributed by atoms with van der Waals surface area (Å²) in [5.41, 5.74) is 4.44. The molecule has 2 aromatic rings. The number of nitrogens with one attached hydrogen (secondary N) is 1. The average molecular weight is 607 g/mol. The minimum absolute atomic E-state index is 0.145. The molecule has 10 N–H and O–H groups in total. The van der Waals surface area contributed by atoms with E-state index >= 15 is 0 Å². The van der Waals surface area contributed by atoms with Gasteiger partial charge in [0, 0.05) is 0 Å². The molecule has 23 heteroatoms. The Morgan fingerprint density at radius 3 is 2.54 bits per heavy atom. The van der Waals surface area contributed by atoms with Gasteiger partial charge in [0.25, 0.3) is 5.56 Å². The summed E-state index contributed by atoms with van der Waals surface area (Å²) < 4.78 is 57.4. The molecule has 0 amide bonds. The molecule has 220 valence electrons. The highest BCUT2D eigenvalue weighted by Gasteiger charge is 2.47. The van der Waals surface area contributed by atoms with E-state index in [4.69, 9.17) is 15.6 Å². The standard InChI is InChI=1S/C16H24FN5O15P2/c17-5(1-23)12(9(26)6(25)2-24)36-39(32,33)37-38(30,31)34-3-7-10(27)11(28)15(35-7)22-4-19-8-13(22)20-16(18)21-14(8)29/h1,4-7,9-12,15,24-28H,2-3H2,(H,30,31)(H,32,33)(H3,18,20,21,29)/t5-,6+,7+,9+,10+,11+,12+,15+/m0/s1. The number of nitrogens with zero attached hydrogens (tertiary/aromatic N) is 3. The lowest BCUT2D eigenvalue weighted by atomic mass is 10.1. The summed E-state index contributed by atoms with van der Waals surface area (Å²) in [4.78, 5) is 52.1. The van der Waals surface area contributed by atoms with Crippen LogP contribution in [0.15, 0.2) is 11.1 Å². The van der Waals surface area contributed by atoms with E-state index in [2.05, 4.69) is 28.3 Å². The van der Waals surface area contributed by atoms with Gasteiger partial charge in [-0.2, -0.15) is 9.29 Å². The number of rotatable bonds is 13. The van der Waals surface area contributed by atoms with Gasteiger partial charge in [0.2, 0.25) is 5.95 Å². The van der Waals surface area contributed by atoms with Gasteiger partial charge in [0.1, 0.15) is 36.6 Å². The van der Waals surface area contributed by atoms with Gasteiger partial charge in [-0.15, -0.1) is 0 Å². The summed E-state index contributed by atoms with van der Waals surface area (Å²) >= 11 is 0. The highest BCUT2D eigenvalue weighted by Crippen LogP contribution is 2.61. The quantitative estimate of drug-likeness (QED) is 0.0778. The Balaban J connectivity index is 1.69. The fourth-order valence-corrected chi connectivity index (χ4v) is 5.70. The molecule has 10 atom stereocenters. The summed E-state index contributed by atoms with van der Waals surface area (Å²) in [5.74, 6) is -0.302. The number of carbonyl (C=O) groups excluding carboxylic acids is 1. The molecule has 0 bridgehead atoms. The summed E-state index contributed by atoms with van der Waals surface area (Å²) in [7, 11) is -11.4. The Morgan fingerprint density at radius 1 is 1.26 bits per heavy atom. The van der Waals surface area contributed by atoms with Crippen LogP contribution in [0.25, 0.3) is 11.2 Å². The molecule has 1 aliphatic rings. The molecule has 0 spiro atoms. The van der Waals surface area contributed by atoms with Crippen molar-refractivity contribution < 1.29 is 71.7 Å². The van der Waals surface area contributed by atoms with E-state index < -0.39 is 89.7 Å². The number of ether oxygens (including phenoxy) is 1. The van der Waals surface area contributed by atoms with Gasteiger partial charge in [-0.1, -0.05) is 0 Å². The fourth-order valence-electron chi connectivity index (χ4n) is 3.43. The summed E-state index contributed by atoms with van der Waals surface area (Å²) in [6.45, 7) is -2.25. The average Bonchev–Trinajstić information content (AvgIpc) is 3.40. The van der Waals surface area contributed by atoms with Crippen molar-refractivity contribution in [1.82, 2.24) is 19.5 Å². The van der Waals surface area contributed by atoms with Gasteiger partial charge in [0.05, 0.1) is 19.5 Å². The smallest absolute Gasteiger partial charge is 0.394 e. The molecule has 1 fully saturated rings. The maximum Gasteiger partial charge on any atom is 0.481 e. The van der Waals surface area contributed by atoms with E-state index in [1.165, 1.54) is 0 Å². The number of aldehydes is 1. The van der Waals surface area contributed by atoms with E-state index in [9.17, 15) is 53.3 Å². The number of aliphatic hydroxyl groups is 5. The first-order valence-electron chi connectivity index (χ1n) is 10.6. The summed E-state index contributed by atoms with van der Waals surface area (Å²) in [5, 5.41) is 48.7. The number of hydrogen-bond acceptors (Lipinski definition) is 16. The van der Waals surface area contributed by atoms with Crippen molar-refractivity contribution in [3.8, 4) is 0 Å². The largest absolute Gasteiger partial charge is 0.481 e. The van der Waals surface area contributed by atoms with Crippen LogP contribution in [0, 0.1) is 0 Å². The SMILES string of the molecule is Nc1nc2c(ncn2[C@@H]2O[C@H](COP(=O)(O)OP(=O)(O)O[C@@H]([C@H](O)[C@H](O)CO)[C@@H](F)C=O)[C@@H](O)[C@H]2O)c(=O)[nH]1. The number of halogens is 1. The number of aromatic amines is 1. The number of carbonyl (C=O) groups is 1. The van der Waals surface area contributed by atoms with E-state index in [-0.39, 0.29) is 17.1 Å². The highest BCUT2D eigenvalue weighted by molar-refractivity contribution is 7.61. The Bertz CT molecular complexity index is 1330. The normalized spacial score (nSPS) is 27.9. The molecule has 20 nitrogen and oxygen atoms in total. The Labute approximate surface area is 215 Å². The molecule has 2 aromatic heterocycles. The van der Waals surface area contributed by atoms with Gasteiger partial charge < -0.3 is 50.6 Å². The number of anilines is 1. The minimum Gasteiger partial charge on any atom is -0.394 e. The molecule has 1 saturated heterocycles.